The van der Waals surface area contributed by atoms with E-state index in [2.05, 4.69) is 51.3 Å². The smallest absolute Gasteiger partial charge is 0.240 e. The van der Waals surface area contributed by atoms with E-state index in [1.165, 1.54) is 23.3 Å². The number of amides is 1. The Kier molecular flexibility index (Phi) is 4.95. The van der Waals surface area contributed by atoms with Crippen molar-refractivity contribution in [2.24, 2.45) is 0 Å². The highest BCUT2D eigenvalue weighted by atomic mass is 32.2. The number of rotatable bonds is 6. The zero-order valence-corrected chi connectivity index (χ0v) is 18.2. The van der Waals surface area contributed by atoms with E-state index in [1.54, 1.807) is 23.1 Å². The molecule has 29 heavy (non-hydrogen) atoms. The Morgan fingerprint density at radius 3 is 2.83 bits per heavy atom. The molecule has 2 aromatic heterocycles. The van der Waals surface area contributed by atoms with Crippen molar-refractivity contribution in [3.05, 3.63) is 58.0 Å². The second-order valence-corrected chi connectivity index (χ2v) is 10.2. The van der Waals surface area contributed by atoms with Gasteiger partial charge in [-0.2, -0.15) is 0 Å². The Hall–Kier alpha value is -2.12. The van der Waals surface area contributed by atoms with Gasteiger partial charge in [0.25, 0.3) is 0 Å². The molecule has 0 bridgehead atoms. The number of benzene rings is 1. The fraction of sp³-hybridized carbons (Fsp3) is 0.409. The van der Waals surface area contributed by atoms with E-state index in [0.717, 1.165) is 29.5 Å². The number of para-hydroxylation sites is 1. The van der Waals surface area contributed by atoms with E-state index >= 15 is 0 Å². The van der Waals surface area contributed by atoms with E-state index in [0.29, 0.717) is 6.04 Å². The number of anilines is 1. The summed E-state index contributed by atoms with van der Waals surface area (Å²) in [7, 11) is 0. The molecule has 5 rings (SSSR count). The summed E-state index contributed by atoms with van der Waals surface area (Å²) in [6, 6.07) is 13.1. The van der Waals surface area contributed by atoms with Crippen LogP contribution in [0.3, 0.4) is 0 Å². The maximum atomic E-state index is 13.3. The van der Waals surface area contributed by atoms with Gasteiger partial charge in [0, 0.05) is 29.1 Å². The Labute approximate surface area is 179 Å². The zero-order chi connectivity index (χ0) is 20.0. The Morgan fingerprint density at radius 2 is 2.07 bits per heavy atom. The summed E-state index contributed by atoms with van der Waals surface area (Å²) in [5.74, 6) is 1.16. The van der Waals surface area contributed by atoms with Crippen LogP contribution < -0.4 is 4.90 Å². The molecule has 2 aliphatic rings. The minimum Gasteiger partial charge on any atom is -0.308 e. The second kappa shape index (κ2) is 7.61. The van der Waals surface area contributed by atoms with Gasteiger partial charge in [-0.25, -0.2) is 0 Å². The molecule has 7 heteroatoms. The molecule has 3 heterocycles. The Balaban J connectivity index is 1.36. The molecular weight excluding hydrogens is 400 g/mol. The van der Waals surface area contributed by atoms with Crippen LogP contribution in [0.4, 0.5) is 5.69 Å². The first kappa shape index (κ1) is 18.9. The van der Waals surface area contributed by atoms with Crippen LogP contribution in [0.15, 0.2) is 46.9 Å². The number of carbonyl (C=O) groups excluding carboxylic acids is 1. The summed E-state index contributed by atoms with van der Waals surface area (Å²) in [5.41, 5.74) is 2.31. The van der Waals surface area contributed by atoms with Gasteiger partial charge < -0.3 is 9.47 Å². The Morgan fingerprint density at radius 1 is 1.24 bits per heavy atom. The number of hydrogen-bond acceptors (Lipinski definition) is 5. The number of thiophene rings is 1. The van der Waals surface area contributed by atoms with Crippen LogP contribution in [0.2, 0.25) is 0 Å². The molecule has 3 aromatic rings. The molecule has 150 valence electrons. The highest BCUT2D eigenvalue weighted by Gasteiger charge is 2.35. The number of hydrogen-bond donors (Lipinski definition) is 0. The maximum Gasteiger partial charge on any atom is 0.240 e. The van der Waals surface area contributed by atoms with E-state index in [9.17, 15) is 4.79 Å². The fourth-order valence-corrected chi connectivity index (χ4v) is 5.77. The third-order valence-electron chi connectivity index (χ3n) is 5.63. The van der Waals surface area contributed by atoms with Crippen LogP contribution in [0.1, 0.15) is 49.0 Å². The molecular formula is C22H24N4OS2. The van der Waals surface area contributed by atoms with Gasteiger partial charge in [0.15, 0.2) is 5.16 Å². The highest BCUT2D eigenvalue weighted by molar-refractivity contribution is 8.00. The molecule has 2 atom stereocenters. The van der Waals surface area contributed by atoms with Crippen LogP contribution in [-0.2, 0) is 17.6 Å². The lowest BCUT2D eigenvalue weighted by Gasteiger charge is -2.25. The lowest BCUT2D eigenvalue weighted by atomic mass is 10.1. The van der Waals surface area contributed by atoms with Crippen molar-refractivity contribution < 1.29 is 4.79 Å². The molecule has 0 radical (unpaired) electrons. The lowest BCUT2D eigenvalue weighted by Crippen LogP contribution is -2.40. The van der Waals surface area contributed by atoms with Crippen molar-refractivity contribution in [1.29, 1.82) is 0 Å². The van der Waals surface area contributed by atoms with Crippen LogP contribution in [-0.4, -0.2) is 32.0 Å². The summed E-state index contributed by atoms with van der Waals surface area (Å²) in [5, 5.41) is 11.7. The number of thioether (sulfide) groups is 1. The number of carbonyl (C=O) groups is 1. The van der Waals surface area contributed by atoms with Gasteiger partial charge in [-0.05, 0) is 56.2 Å². The van der Waals surface area contributed by atoms with E-state index in [4.69, 9.17) is 0 Å². The number of aromatic nitrogens is 3. The van der Waals surface area contributed by atoms with Gasteiger partial charge in [-0.1, -0.05) is 36.0 Å². The van der Waals surface area contributed by atoms with E-state index < -0.39 is 0 Å². The summed E-state index contributed by atoms with van der Waals surface area (Å²) in [6.45, 7) is 4.12. The molecule has 1 aliphatic heterocycles. The van der Waals surface area contributed by atoms with Crippen LogP contribution in [0.25, 0.3) is 0 Å². The second-order valence-electron chi connectivity index (χ2n) is 7.91. The van der Waals surface area contributed by atoms with E-state index in [-0.39, 0.29) is 17.2 Å². The van der Waals surface area contributed by atoms with Crippen LogP contribution >= 0.6 is 23.1 Å². The SMILES string of the molecule is C[C@@H]1Cc2ccccc2N1C(=O)[C@@H](C)Sc1nnc(Cc2cccs2)n1C1CC1. The predicted molar refractivity (Wildman–Crippen MR) is 118 cm³/mol. The molecule has 1 aromatic carbocycles. The van der Waals surface area contributed by atoms with Gasteiger partial charge >= 0.3 is 0 Å². The van der Waals surface area contributed by atoms with Crippen LogP contribution in [0.5, 0.6) is 0 Å². The van der Waals surface area contributed by atoms with Crippen molar-refractivity contribution in [3.8, 4) is 0 Å². The molecule has 0 spiro atoms. The first-order chi connectivity index (χ1) is 14.1. The quantitative estimate of drug-likeness (QED) is 0.537. The molecule has 0 N–H and O–H groups in total. The topological polar surface area (TPSA) is 51.0 Å². The molecule has 0 saturated heterocycles. The third-order valence-corrected chi connectivity index (χ3v) is 7.55. The first-order valence-corrected chi connectivity index (χ1v) is 11.9. The van der Waals surface area contributed by atoms with Crippen molar-refractivity contribution in [2.45, 2.75) is 62.0 Å². The van der Waals surface area contributed by atoms with Crippen molar-refractivity contribution in [3.63, 3.8) is 0 Å². The summed E-state index contributed by atoms with van der Waals surface area (Å²) >= 11 is 3.29. The Bertz CT molecular complexity index is 1030. The molecule has 5 nitrogen and oxygen atoms in total. The minimum absolute atomic E-state index is 0.151. The van der Waals surface area contributed by atoms with Crippen molar-refractivity contribution in [2.75, 3.05) is 4.90 Å². The zero-order valence-electron chi connectivity index (χ0n) is 16.6. The average molecular weight is 425 g/mol. The largest absolute Gasteiger partial charge is 0.308 e. The minimum atomic E-state index is -0.208. The predicted octanol–water partition coefficient (Wildman–Crippen LogP) is 4.72. The summed E-state index contributed by atoms with van der Waals surface area (Å²) in [6.07, 6.45) is 4.06. The first-order valence-electron chi connectivity index (χ1n) is 10.2. The number of nitrogens with zero attached hydrogens (tertiary/aromatic N) is 4. The maximum absolute atomic E-state index is 13.3. The molecule has 1 aliphatic carbocycles. The van der Waals surface area contributed by atoms with Gasteiger partial charge in [0.1, 0.15) is 5.82 Å². The van der Waals surface area contributed by atoms with Crippen molar-refractivity contribution in [1.82, 2.24) is 14.8 Å². The highest BCUT2D eigenvalue weighted by Crippen LogP contribution is 2.41. The molecule has 1 fully saturated rings. The van der Waals surface area contributed by atoms with Crippen LogP contribution in [0, 0.1) is 0 Å². The summed E-state index contributed by atoms with van der Waals surface area (Å²) < 4.78 is 2.27. The summed E-state index contributed by atoms with van der Waals surface area (Å²) in [4.78, 5) is 16.6. The molecule has 1 amide bonds. The van der Waals surface area contributed by atoms with Crippen molar-refractivity contribution >= 4 is 34.7 Å². The monoisotopic (exact) mass is 424 g/mol. The standard InChI is InChI=1S/C22H24N4OS2/c1-14-12-16-6-3-4-8-19(16)25(14)21(27)15(2)29-22-24-23-20(26(22)17-9-10-17)13-18-7-5-11-28-18/h3-8,11,14-15,17H,9-10,12-13H2,1-2H3/t14-,15-/m1/s1. The van der Waals surface area contributed by atoms with Gasteiger partial charge in [0.05, 0.1) is 5.25 Å². The molecule has 0 unspecified atom stereocenters. The number of fused-ring (bicyclic) bond motifs is 1. The van der Waals surface area contributed by atoms with Gasteiger partial charge in [-0.3, -0.25) is 4.79 Å². The average Bonchev–Trinajstić information content (AvgIpc) is 3.11. The third kappa shape index (κ3) is 3.62. The van der Waals surface area contributed by atoms with Gasteiger partial charge in [-0.15, -0.1) is 21.5 Å². The van der Waals surface area contributed by atoms with E-state index in [1.807, 2.05) is 24.0 Å². The normalized spacial score (nSPS) is 19.4. The molecule has 1 saturated carbocycles. The lowest BCUT2D eigenvalue weighted by molar-refractivity contribution is -0.118. The van der Waals surface area contributed by atoms with Gasteiger partial charge in [0.2, 0.25) is 5.91 Å². The fourth-order valence-electron chi connectivity index (χ4n) is 4.08.